The first-order chi connectivity index (χ1) is 7.84. The Morgan fingerprint density at radius 1 is 0.812 bits per heavy atom. The largest absolute Gasteiger partial charge is 0.398 e. The van der Waals surface area contributed by atoms with Crippen LogP contribution in [-0.2, 0) is 0 Å². The number of hydrogen-bond donors (Lipinski definition) is 1. The molecular formula is C13H11N3. The predicted octanol–water partition coefficient (Wildman–Crippen LogP) is 1.22. The zero-order valence-electron chi connectivity index (χ0n) is 8.67. The van der Waals surface area contributed by atoms with Crippen molar-refractivity contribution in [2.45, 2.75) is 6.17 Å². The molecule has 1 aliphatic rings. The second kappa shape index (κ2) is 3.45. The molecule has 16 heavy (non-hydrogen) atoms. The van der Waals surface area contributed by atoms with Crippen molar-refractivity contribution in [3.05, 3.63) is 64.8 Å². The summed E-state index contributed by atoms with van der Waals surface area (Å²) in [7, 11) is 0. The number of para-hydroxylation sites is 3. The smallest absolute Gasteiger partial charge is 0.168 e. The van der Waals surface area contributed by atoms with E-state index in [1.54, 1.807) is 0 Å². The minimum atomic E-state index is -0.182. The fourth-order valence-electron chi connectivity index (χ4n) is 1.86. The molecule has 0 saturated heterocycles. The summed E-state index contributed by atoms with van der Waals surface area (Å²) in [5, 5.41) is 1.88. The molecule has 1 aliphatic heterocycles. The second-order valence-electron chi connectivity index (χ2n) is 3.75. The highest BCUT2D eigenvalue weighted by atomic mass is 15.0. The van der Waals surface area contributed by atoms with Crippen molar-refractivity contribution in [2.24, 2.45) is 9.98 Å². The quantitative estimate of drug-likeness (QED) is 0.705. The lowest BCUT2D eigenvalue weighted by atomic mass is 10.1. The van der Waals surface area contributed by atoms with E-state index >= 15 is 0 Å². The summed E-state index contributed by atoms with van der Waals surface area (Å²) < 4.78 is 0. The molecule has 1 heterocycles. The van der Waals surface area contributed by atoms with Gasteiger partial charge in [0.05, 0.1) is 10.7 Å². The van der Waals surface area contributed by atoms with E-state index in [0.29, 0.717) is 0 Å². The van der Waals surface area contributed by atoms with Gasteiger partial charge in [-0.2, -0.15) is 0 Å². The SMILES string of the molecule is Nc1ccccc1C1N=c2ccccc2=N1. The molecule has 0 amide bonds. The van der Waals surface area contributed by atoms with Gasteiger partial charge in [0.15, 0.2) is 6.17 Å². The first-order valence-electron chi connectivity index (χ1n) is 5.20. The normalized spacial score (nSPS) is 14.0. The summed E-state index contributed by atoms with van der Waals surface area (Å²) in [6.45, 7) is 0. The Morgan fingerprint density at radius 3 is 2.00 bits per heavy atom. The molecule has 0 fully saturated rings. The molecule has 3 rings (SSSR count). The van der Waals surface area contributed by atoms with Gasteiger partial charge < -0.3 is 5.73 Å². The zero-order valence-corrected chi connectivity index (χ0v) is 8.67. The molecule has 3 heteroatoms. The monoisotopic (exact) mass is 209 g/mol. The van der Waals surface area contributed by atoms with E-state index in [-0.39, 0.29) is 6.17 Å². The lowest BCUT2D eigenvalue weighted by Gasteiger charge is -2.07. The number of fused-ring (bicyclic) bond motifs is 1. The van der Waals surface area contributed by atoms with Gasteiger partial charge in [0, 0.05) is 11.3 Å². The summed E-state index contributed by atoms with van der Waals surface area (Å²) in [4.78, 5) is 9.07. The number of hydrogen-bond acceptors (Lipinski definition) is 3. The maximum absolute atomic E-state index is 5.92. The van der Waals surface area contributed by atoms with Crippen LogP contribution in [0.1, 0.15) is 11.7 Å². The molecule has 78 valence electrons. The van der Waals surface area contributed by atoms with Crippen LogP contribution in [-0.4, -0.2) is 0 Å². The van der Waals surface area contributed by atoms with Crippen molar-refractivity contribution in [2.75, 3.05) is 5.73 Å². The average Bonchev–Trinajstić information content (AvgIpc) is 2.73. The van der Waals surface area contributed by atoms with Gasteiger partial charge >= 0.3 is 0 Å². The third-order valence-corrected chi connectivity index (χ3v) is 2.68. The third-order valence-electron chi connectivity index (χ3n) is 2.68. The van der Waals surface area contributed by atoms with E-state index in [1.165, 1.54) is 0 Å². The topological polar surface area (TPSA) is 50.7 Å². The Labute approximate surface area is 93.0 Å². The van der Waals surface area contributed by atoms with Crippen molar-refractivity contribution in [3.63, 3.8) is 0 Å². The minimum Gasteiger partial charge on any atom is -0.398 e. The fourth-order valence-corrected chi connectivity index (χ4v) is 1.86. The van der Waals surface area contributed by atoms with Gasteiger partial charge in [-0.3, -0.25) is 9.98 Å². The van der Waals surface area contributed by atoms with Crippen molar-refractivity contribution in [3.8, 4) is 0 Å². The number of nitrogens with zero attached hydrogens (tertiary/aromatic N) is 2. The van der Waals surface area contributed by atoms with E-state index in [9.17, 15) is 0 Å². The maximum atomic E-state index is 5.92. The Hall–Kier alpha value is -2.16. The van der Waals surface area contributed by atoms with E-state index in [0.717, 1.165) is 22.0 Å². The van der Waals surface area contributed by atoms with Crippen molar-refractivity contribution < 1.29 is 0 Å². The van der Waals surface area contributed by atoms with Crippen LogP contribution in [0.15, 0.2) is 58.5 Å². The van der Waals surface area contributed by atoms with E-state index < -0.39 is 0 Å². The summed E-state index contributed by atoms with van der Waals surface area (Å²) in [5.74, 6) is 0. The van der Waals surface area contributed by atoms with Crippen LogP contribution in [0.5, 0.6) is 0 Å². The lowest BCUT2D eigenvalue weighted by Crippen LogP contribution is -2.19. The second-order valence-corrected chi connectivity index (χ2v) is 3.75. The molecule has 2 aromatic carbocycles. The van der Waals surface area contributed by atoms with Crippen LogP contribution in [0.25, 0.3) is 0 Å². The van der Waals surface area contributed by atoms with Crippen molar-refractivity contribution in [1.29, 1.82) is 0 Å². The standard InChI is InChI=1S/C13H11N3/c14-10-6-2-1-5-9(10)13-15-11-7-3-4-8-12(11)16-13/h1-8,13H,14H2. The fraction of sp³-hybridized carbons (Fsp3) is 0.0769. The van der Waals surface area contributed by atoms with Crippen LogP contribution < -0.4 is 16.4 Å². The number of nitrogen functional groups attached to an aromatic ring is 1. The molecule has 0 aliphatic carbocycles. The number of nitrogens with two attached hydrogens (primary N) is 1. The van der Waals surface area contributed by atoms with Crippen LogP contribution in [0.4, 0.5) is 5.69 Å². The molecule has 0 radical (unpaired) electrons. The zero-order chi connectivity index (χ0) is 11.0. The Bertz CT molecular complexity index is 611. The molecule has 2 N–H and O–H groups in total. The Kier molecular flexibility index (Phi) is 1.96. The Balaban J connectivity index is 2.14. The number of rotatable bonds is 1. The van der Waals surface area contributed by atoms with Gasteiger partial charge in [-0.15, -0.1) is 0 Å². The molecule has 0 atom stereocenters. The molecule has 0 bridgehead atoms. The van der Waals surface area contributed by atoms with Crippen LogP contribution in [0.2, 0.25) is 0 Å². The maximum Gasteiger partial charge on any atom is 0.168 e. The number of benzene rings is 2. The highest BCUT2D eigenvalue weighted by Gasteiger charge is 2.14. The summed E-state index contributed by atoms with van der Waals surface area (Å²) in [6.07, 6.45) is -0.182. The summed E-state index contributed by atoms with van der Waals surface area (Å²) in [5.41, 5.74) is 7.63. The van der Waals surface area contributed by atoms with E-state index in [2.05, 4.69) is 9.98 Å². The molecule has 3 nitrogen and oxygen atoms in total. The average molecular weight is 209 g/mol. The number of anilines is 1. The van der Waals surface area contributed by atoms with Gasteiger partial charge in [0.25, 0.3) is 0 Å². The molecule has 0 unspecified atom stereocenters. The third kappa shape index (κ3) is 1.37. The lowest BCUT2D eigenvalue weighted by molar-refractivity contribution is 0.774. The van der Waals surface area contributed by atoms with E-state index in [4.69, 9.17) is 5.73 Å². The van der Waals surface area contributed by atoms with Gasteiger partial charge in [-0.05, 0) is 18.2 Å². The van der Waals surface area contributed by atoms with Crippen LogP contribution in [0.3, 0.4) is 0 Å². The minimum absolute atomic E-state index is 0.182. The summed E-state index contributed by atoms with van der Waals surface area (Å²) in [6, 6.07) is 15.6. The van der Waals surface area contributed by atoms with Crippen LogP contribution >= 0.6 is 0 Å². The van der Waals surface area contributed by atoms with E-state index in [1.807, 2.05) is 48.5 Å². The molecular weight excluding hydrogens is 198 g/mol. The van der Waals surface area contributed by atoms with Gasteiger partial charge in [-0.25, -0.2) is 0 Å². The first-order valence-corrected chi connectivity index (χ1v) is 5.20. The first kappa shape index (κ1) is 9.09. The van der Waals surface area contributed by atoms with Gasteiger partial charge in [-0.1, -0.05) is 30.3 Å². The highest BCUT2D eigenvalue weighted by Crippen LogP contribution is 2.24. The van der Waals surface area contributed by atoms with Crippen molar-refractivity contribution in [1.82, 2.24) is 0 Å². The van der Waals surface area contributed by atoms with Crippen LogP contribution in [0, 0.1) is 0 Å². The Morgan fingerprint density at radius 2 is 1.38 bits per heavy atom. The molecule has 0 saturated carbocycles. The summed E-state index contributed by atoms with van der Waals surface area (Å²) >= 11 is 0. The molecule has 2 aromatic rings. The van der Waals surface area contributed by atoms with Gasteiger partial charge in [0.2, 0.25) is 0 Å². The highest BCUT2D eigenvalue weighted by molar-refractivity contribution is 5.48. The molecule has 0 aromatic heterocycles. The van der Waals surface area contributed by atoms with Gasteiger partial charge in [0.1, 0.15) is 0 Å². The molecule has 0 spiro atoms. The van der Waals surface area contributed by atoms with Crippen molar-refractivity contribution >= 4 is 5.69 Å². The predicted molar refractivity (Wildman–Crippen MR) is 62.3 cm³/mol.